The molecule has 7 heteroatoms. The minimum atomic E-state index is 0.0689. The molecule has 0 amide bonds. The Labute approximate surface area is 210 Å². The Morgan fingerprint density at radius 1 is 1.00 bits per heavy atom. The van der Waals surface area contributed by atoms with Crippen molar-refractivity contribution in [3.63, 3.8) is 0 Å². The molecule has 0 aliphatic carbocycles. The minimum absolute atomic E-state index is 0.0689. The highest BCUT2D eigenvalue weighted by Gasteiger charge is 2.17. The normalized spacial score (nSPS) is 14.8. The first-order chi connectivity index (χ1) is 17.1. The quantitative estimate of drug-likeness (QED) is 0.297. The van der Waals surface area contributed by atoms with E-state index in [0.29, 0.717) is 0 Å². The standard InChI is InChI=1S/C28H32N4O2S/c1-19(29-28-27-22(30-20(2)31-28)10-8-12-24(27)33-3)25-13-14-26(35-25)21-9-4-5-11-23(21)34-18-17-32-15-6-7-16-32/h4-5,8-14,19H,6-7,15-18H2,1-3H3,(H,29,30,31). The van der Waals surface area contributed by atoms with Gasteiger partial charge in [0.25, 0.3) is 0 Å². The number of rotatable bonds is 9. The number of hydrogen-bond acceptors (Lipinski definition) is 7. The van der Waals surface area contributed by atoms with Crippen molar-refractivity contribution in [1.82, 2.24) is 14.9 Å². The monoisotopic (exact) mass is 488 g/mol. The first kappa shape index (κ1) is 23.6. The molecule has 2 aromatic heterocycles. The van der Waals surface area contributed by atoms with Crippen LogP contribution in [-0.2, 0) is 0 Å². The highest BCUT2D eigenvalue weighted by atomic mass is 32.1. The summed E-state index contributed by atoms with van der Waals surface area (Å²) >= 11 is 1.78. The third-order valence-corrected chi connectivity index (χ3v) is 7.74. The number of aryl methyl sites for hydroxylation is 1. The predicted molar refractivity (Wildman–Crippen MR) is 144 cm³/mol. The molecule has 1 atom stereocenters. The van der Waals surface area contributed by atoms with Gasteiger partial charge in [0.05, 0.1) is 24.1 Å². The maximum absolute atomic E-state index is 6.22. The van der Waals surface area contributed by atoms with E-state index in [2.05, 4.69) is 52.5 Å². The summed E-state index contributed by atoms with van der Waals surface area (Å²) in [6, 6.07) is 18.7. The van der Waals surface area contributed by atoms with Crippen molar-refractivity contribution in [2.75, 3.05) is 38.7 Å². The van der Waals surface area contributed by atoms with Crippen molar-refractivity contribution in [2.24, 2.45) is 0 Å². The summed E-state index contributed by atoms with van der Waals surface area (Å²) in [5.41, 5.74) is 2.01. The molecular weight excluding hydrogens is 456 g/mol. The molecule has 3 heterocycles. The number of fused-ring (bicyclic) bond motifs is 1. The lowest BCUT2D eigenvalue weighted by Crippen LogP contribution is -2.25. The van der Waals surface area contributed by atoms with Crippen LogP contribution >= 0.6 is 11.3 Å². The van der Waals surface area contributed by atoms with Crippen molar-refractivity contribution >= 4 is 28.1 Å². The van der Waals surface area contributed by atoms with Crippen LogP contribution < -0.4 is 14.8 Å². The van der Waals surface area contributed by atoms with E-state index in [1.54, 1.807) is 18.4 Å². The molecule has 35 heavy (non-hydrogen) atoms. The second-order valence-corrected chi connectivity index (χ2v) is 10.1. The summed E-state index contributed by atoms with van der Waals surface area (Å²) in [7, 11) is 1.68. The fraction of sp³-hybridized carbons (Fsp3) is 0.357. The molecule has 6 nitrogen and oxygen atoms in total. The molecule has 1 N–H and O–H groups in total. The lowest BCUT2D eigenvalue weighted by molar-refractivity contribution is 0.238. The van der Waals surface area contributed by atoms with Gasteiger partial charge < -0.3 is 14.8 Å². The van der Waals surface area contributed by atoms with Crippen molar-refractivity contribution < 1.29 is 9.47 Å². The summed E-state index contributed by atoms with van der Waals surface area (Å²) < 4.78 is 11.8. The van der Waals surface area contributed by atoms with E-state index >= 15 is 0 Å². The molecule has 4 aromatic rings. The van der Waals surface area contributed by atoms with E-state index in [0.717, 1.165) is 52.8 Å². The smallest absolute Gasteiger partial charge is 0.141 e. The molecule has 1 aliphatic heterocycles. The molecule has 1 aliphatic rings. The number of benzene rings is 2. The second-order valence-electron chi connectivity index (χ2n) is 8.94. The zero-order valence-electron chi connectivity index (χ0n) is 20.6. The molecule has 5 rings (SSSR count). The van der Waals surface area contributed by atoms with Crippen LogP contribution in [0.3, 0.4) is 0 Å². The third-order valence-electron chi connectivity index (χ3n) is 6.44. The van der Waals surface area contributed by atoms with Gasteiger partial charge in [0.1, 0.15) is 29.7 Å². The van der Waals surface area contributed by atoms with E-state index in [9.17, 15) is 0 Å². The number of ether oxygens (including phenoxy) is 2. The summed E-state index contributed by atoms with van der Waals surface area (Å²) in [4.78, 5) is 14.2. The van der Waals surface area contributed by atoms with Crippen molar-refractivity contribution in [2.45, 2.75) is 32.7 Å². The fourth-order valence-corrected chi connectivity index (χ4v) is 5.68. The molecule has 1 saturated heterocycles. The number of thiophene rings is 1. The highest BCUT2D eigenvalue weighted by Crippen LogP contribution is 2.38. The first-order valence-corrected chi connectivity index (χ1v) is 13.1. The van der Waals surface area contributed by atoms with Gasteiger partial charge >= 0.3 is 0 Å². The van der Waals surface area contributed by atoms with Gasteiger partial charge in [-0.05, 0) is 76.2 Å². The van der Waals surface area contributed by atoms with Crippen LogP contribution in [0, 0.1) is 6.92 Å². The Kier molecular flexibility index (Phi) is 7.16. The number of para-hydroxylation sites is 1. The molecule has 0 bridgehead atoms. The fourth-order valence-electron chi connectivity index (χ4n) is 4.64. The molecule has 0 saturated carbocycles. The average Bonchev–Trinajstić information content (AvgIpc) is 3.56. The van der Waals surface area contributed by atoms with Crippen LogP contribution in [0.25, 0.3) is 21.3 Å². The van der Waals surface area contributed by atoms with Gasteiger partial charge in [-0.25, -0.2) is 9.97 Å². The number of hydrogen-bond donors (Lipinski definition) is 1. The largest absolute Gasteiger partial charge is 0.496 e. The van der Waals surface area contributed by atoms with Gasteiger partial charge in [0, 0.05) is 21.9 Å². The summed E-state index contributed by atoms with van der Waals surface area (Å²) in [6.07, 6.45) is 2.61. The van der Waals surface area contributed by atoms with Gasteiger partial charge in [-0.3, -0.25) is 4.90 Å². The highest BCUT2D eigenvalue weighted by molar-refractivity contribution is 7.15. The van der Waals surface area contributed by atoms with Gasteiger partial charge in [-0.15, -0.1) is 11.3 Å². The summed E-state index contributed by atoms with van der Waals surface area (Å²) in [5.74, 6) is 3.23. The van der Waals surface area contributed by atoms with E-state index in [1.807, 2.05) is 31.2 Å². The number of anilines is 1. The van der Waals surface area contributed by atoms with Gasteiger partial charge in [-0.2, -0.15) is 0 Å². The van der Waals surface area contributed by atoms with Crippen LogP contribution in [-0.4, -0.2) is 48.2 Å². The summed E-state index contributed by atoms with van der Waals surface area (Å²) in [6.45, 7) is 8.16. The topological polar surface area (TPSA) is 59.5 Å². The van der Waals surface area contributed by atoms with Crippen molar-refractivity contribution in [3.8, 4) is 21.9 Å². The zero-order valence-corrected chi connectivity index (χ0v) is 21.4. The van der Waals surface area contributed by atoms with Crippen molar-refractivity contribution in [3.05, 3.63) is 65.3 Å². The van der Waals surface area contributed by atoms with Crippen LogP contribution in [0.5, 0.6) is 11.5 Å². The maximum atomic E-state index is 6.22. The number of nitrogens with zero attached hydrogens (tertiary/aromatic N) is 3. The molecular formula is C28H32N4O2S. The Bertz CT molecular complexity index is 1300. The van der Waals surface area contributed by atoms with E-state index in [4.69, 9.17) is 14.5 Å². The average molecular weight is 489 g/mol. The Morgan fingerprint density at radius 3 is 2.63 bits per heavy atom. The molecule has 0 spiro atoms. The molecule has 182 valence electrons. The van der Waals surface area contributed by atoms with Crippen LogP contribution in [0.15, 0.2) is 54.6 Å². The lowest BCUT2D eigenvalue weighted by atomic mass is 10.1. The molecule has 1 fully saturated rings. The SMILES string of the molecule is COc1cccc2nc(C)nc(NC(C)c3ccc(-c4ccccc4OCCN4CCCC4)s3)c12. The Hall–Kier alpha value is -3.16. The van der Waals surface area contributed by atoms with Crippen LogP contribution in [0.4, 0.5) is 5.82 Å². The van der Waals surface area contributed by atoms with E-state index in [1.165, 1.54) is 35.7 Å². The van der Waals surface area contributed by atoms with Gasteiger partial charge in [0.2, 0.25) is 0 Å². The molecule has 1 unspecified atom stereocenters. The number of likely N-dealkylation sites (tertiary alicyclic amines) is 1. The zero-order chi connectivity index (χ0) is 24.2. The minimum Gasteiger partial charge on any atom is -0.496 e. The number of aromatic nitrogens is 2. The molecule has 0 radical (unpaired) electrons. The van der Waals surface area contributed by atoms with Gasteiger partial charge in [-0.1, -0.05) is 18.2 Å². The van der Waals surface area contributed by atoms with Crippen molar-refractivity contribution in [1.29, 1.82) is 0 Å². The number of methoxy groups -OCH3 is 1. The predicted octanol–water partition coefficient (Wildman–Crippen LogP) is 6.32. The summed E-state index contributed by atoms with van der Waals surface area (Å²) in [5, 5.41) is 4.51. The van der Waals surface area contributed by atoms with E-state index in [-0.39, 0.29) is 6.04 Å². The van der Waals surface area contributed by atoms with E-state index < -0.39 is 0 Å². The van der Waals surface area contributed by atoms with Crippen LogP contribution in [0.2, 0.25) is 0 Å². The second kappa shape index (κ2) is 10.6. The van der Waals surface area contributed by atoms with Gasteiger partial charge in [0.15, 0.2) is 0 Å². The Morgan fingerprint density at radius 2 is 1.80 bits per heavy atom. The third kappa shape index (κ3) is 5.26. The number of nitrogens with one attached hydrogen (secondary N) is 1. The first-order valence-electron chi connectivity index (χ1n) is 12.2. The molecule has 2 aromatic carbocycles. The maximum Gasteiger partial charge on any atom is 0.141 e. The Balaban J connectivity index is 1.34. The van der Waals surface area contributed by atoms with Crippen LogP contribution in [0.1, 0.15) is 36.5 Å². The lowest BCUT2D eigenvalue weighted by Gasteiger charge is -2.17.